The Labute approximate surface area is 160 Å². The maximum Gasteiger partial charge on any atom is 0.221 e. The van der Waals surface area contributed by atoms with E-state index in [1.807, 2.05) is 0 Å². The van der Waals surface area contributed by atoms with Crippen LogP contribution in [0, 0.1) is 17.8 Å². The van der Waals surface area contributed by atoms with Crippen molar-refractivity contribution in [2.45, 2.75) is 90.4 Å². The molecule has 0 spiro atoms. The lowest BCUT2D eigenvalue weighted by molar-refractivity contribution is -0.114. The molecule has 2 saturated carbocycles. The van der Waals surface area contributed by atoms with Crippen molar-refractivity contribution in [3.05, 3.63) is 29.8 Å². The van der Waals surface area contributed by atoms with Crippen LogP contribution in [0.1, 0.15) is 96.0 Å². The van der Waals surface area contributed by atoms with Gasteiger partial charge in [0.1, 0.15) is 0 Å². The van der Waals surface area contributed by atoms with Gasteiger partial charge in [0.2, 0.25) is 5.91 Å². The Hall–Kier alpha value is -1.31. The lowest BCUT2D eigenvalue weighted by atomic mass is 9.68. The maximum absolute atomic E-state index is 11.1. The van der Waals surface area contributed by atoms with E-state index in [-0.39, 0.29) is 5.91 Å². The van der Waals surface area contributed by atoms with Crippen molar-refractivity contribution in [1.82, 2.24) is 0 Å². The number of hydrogen-bond acceptors (Lipinski definition) is 1. The van der Waals surface area contributed by atoms with Gasteiger partial charge in [0, 0.05) is 12.6 Å². The van der Waals surface area contributed by atoms with Gasteiger partial charge in [-0.3, -0.25) is 4.79 Å². The summed E-state index contributed by atoms with van der Waals surface area (Å²) in [7, 11) is 0. The molecule has 26 heavy (non-hydrogen) atoms. The predicted molar refractivity (Wildman–Crippen MR) is 110 cm³/mol. The van der Waals surface area contributed by atoms with Gasteiger partial charge < -0.3 is 5.32 Å². The van der Waals surface area contributed by atoms with Gasteiger partial charge in [-0.25, -0.2) is 0 Å². The quantitative estimate of drug-likeness (QED) is 0.590. The third-order valence-electron chi connectivity index (χ3n) is 7.00. The molecule has 2 aliphatic carbocycles. The lowest BCUT2D eigenvalue weighted by Gasteiger charge is -2.38. The average molecular weight is 356 g/mol. The molecule has 0 atom stereocenters. The highest BCUT2D eigenvalue weighted by atomic mass is 16.1. The van der Waals surface area contributed by atoms with Crippen LogP contribution >= 0.6 is 0 Å². The largest absolute Gasteiger partial charge is 0.326 e. The summed E-state index contributed by atoms with van der Waals surface area (Å²) < 4.78 is 0. The zero-order chi connectivity index (χ0) is 18.4. The maximum atomic E-state index is 11.1. The average Bonchev–Trinajstić information content (AvgIpc) is 2.67. The summed E-state index contributed by atoms with van der Waals surface area (Å²) in [5.74, 6) is 3.75. The van der Waals surface area contributed by atoms with Crippen molar-refractivity contribution in [3.8, 4) is 0 Å². The Balaban J connectivity index is 1.44. The lowest BCUT2D eigenvalue weighted by Crippen LogP contribution is -2.25. The Morgan fingerprint density at radius 1 is 0.923 bits per heavy atom. The predicted octanol–water partition coefficient (Wildman–Crippen LogP) is 6.92. The van der Waals surface area contributed by atoms with Gasteiger partial charge >= 0.3 is 0 Å². The number of nitrogens with one attached hydrogen (secondary N) is 1. The number of anilines is 1. The highest BCUT2D eigenvalue weighted by Crippen LogP contribution is 2.44. The molecule has 0 heterocycles. The molecule has 144 valence electrons. The molecular formula is C24H37NO. The molecule has 0 saturated heterocycles. The molecule has 0 aliphatic heterocycles. The Bertz CT molecular complexity index is 548. The van der Waals surface area contributed by atoms with E-state index in [0.717, 1.165) is 29.4 Å². The first-order valence-corrected chi connectivity index (χ1v) is 11.0. The van der Waals surface area contributed by atoms with E-state index < -0.39 is 0 Å². The second-order valence-corrected chi connectivity index (χ2v) is 8.84. The minimum absolute atomic E-state index is 0.00248. The molecule has 0 unspecified atom stereocenters. The van der Waals surface area contributed by atoms with E-state index in [2.05, 4.69) is 36.5 Å². The van der Waals surface area contributed by atoms with Gasteiger partial charge in [-0.15, -0.1) is 0 Å². The fourth-order valence-corrected chi connectivity index (χ4v) is 5.41. The summed E-state index contributed by atoms with van der Waals surface area (Å²) in [6.45, 7) is 3.88. The summed E-state index contributed by atoms with van der Waals surface area (Å²) in [5.41, 5.74) is 2.37. The molecule has 2 heteroatoms. The summed E-state index contributed by atoms with van der Waals surface area (Å²) in [6, 6.07) is 8.55. The highest BCUT2D eigenvalue weighted by Gasteiger charge is 2.31. The van der Waals surface area contributed by atoms with E-state index in [1.165, 1.54) is 76.2 Å². The van der Waals surface area contributed by atoms with Crippen molar-refractivity contribution in [2.24, 2.45) is 17.8 Å². The summed E-state index contributed by atoms with van der Waals surface area (Å²) >= 11 is 0. The first-order valence-electron chi connectivity index (χ1n) is 11.0. The van der Waals surface area contributed by atoms with Gasteiger partial charge in [-0.2, -0.15) is 0 Å². The first kappa shape index (κ1) is 19.5. The summed E-state index contributed by atoms with van der Waals surface area (Å²) in [5, 5.41) is 2.86. The Kier molecular flexibility index (Phi) is 7.16. The van der Waals surface area contributed by atoms with E-state index in [9.17, 15) is 4.79 Å². The van der Waals surface area contributed by atoms with Crippen molar-refractivity contribution < 1.29 is 4.79 Å². The molecule has 1 amide bonds. The van der Waals surface area contributed by atoms with E-state index >= 15 is 0 Å². The monoisotopic (exact) mass is 355 g/mol. The van der Waals surface area contributed by atoms with Crippen LogP contribution in [-0.4, -0.2) is 5.91 Å². The van der Waals surface area contributed by atoms with Crippen LogP contribution in [0.3, 0.4) is 0 Å². The van der Waals surface area contributed by atoms with Crippen molar-refractivity contribution in [3.63, 3.8) is 0 Å². The minimum atomic E-state index is 0.00248. The third-order valence-corrected chi connectivity index (χ3v) is 7.00. The summed E-state index contributed by atoms with van der Waals surface area (Å²) in [6.07, 6.45) is 15.8. The van der Waals surface area contributed by atoms with Crippen LogP contribution in [0.2, 0.25) is 0 Å². The number of unbranched alkanes of at least 4 members (excludes halogenated alkanes) is 1. The molecular weight excluding hydrogens is 318 g/mol. The van der Waals surface area contributed by atoms with Crippen LogP contribution in [0.15, 0.2) is 24.3 Å². The molecule has 1 N–H and O–H groups in total. The molecule has 0 radical (unpaired) electrons. The normalized spacial score (nSPS) is 29.3. The number of carbonyl (C=O) groups is 1. The second-order valence-electron chi connectivity index (χ2n) is 8.84. The second kappa shape index (κ2) is 9.58. The van der Waals surface area contributed by atoms with Crippen LogP contribution in [-0.2, 0) is 4.79 Å². The smallest absolute Gasteiger partial charge is 0.221 e. The van der Waals surface area contributed by atoms with Crippen molar-refractivity contribution >= 4 is 11.6 Å². The van der Waals surface area contributed by atoms with Crippen molar-refractivity contribution in [1.29, 1.82) is 0 Å². The number of carbonyl (C=O) groups excluding carboxylic acids is 1. The highest BCUT2D eigenvalue weighted by molar-refractivity contribution is 5.88. The van der Waals surface area contributed by atoms with E-state index in [4.69, 9.17) is 0 Å². The van der Waals surface area contributed by atoms with Crippen LogP contribution < -0.4 is 5.32 Å². The fourth-order valence-electron chi connectivity index (χ4n) is 5.41. The molecule has 2 nitrogen and oxygen atoms in total. The Morgan fingerprint density at radius 2 is 1.50 bits per heavy atom. The molecule has 0 bridgehead atoms. The standard InChI is InChI=1S/C24H37NO/c1-3-4-5-19-6-8-20(9-7-19)21-10-12-22(13-11-21)23-14-16-24(17-15-23)25-18(2)26/h14-17,19-22H,3-13H2,1-2H3,(H,25,26)/t19-,20-,21-,22-. The molecule has 2 fully saturated rings. The number of hydrogen-bond donors (Lipinski definition) is 1. The zero-order valence-corrected chi connectivity index (χ0v) is 16.8. The molecule has 0 aromatic heterocycles. The van der Waals surface area contributed by atoms with E-state index in [1.54, 1.807) is 6.92 Å². The molecule has 1 aromatic rings. The van der Waals surface area contributed by atoms with Gasteiger partial charge in [0.05, 0.1) is 0 Å². The number of benzene rings is 1. The first-order chi connectivity index (χ1) is 12.7. The van der Waals surface area contributed by atoms with Gasteiger partial charge in [-0.05, 0) is 79.9 Å². The molecule has 2 aliphatic rings. The van der Waals surface area contributed by atoms with Crippen molar-refractivity contribution in [2.75, 3.05) is 5.32 Å². The zero-order valence-electron chi connectivity index (χ0n) is 16.8. The summed E-state index contributed by atoms with van der Waals surface area (Å²) in [4.78, 5) is 11.1. The topological polar surface area (TPSA) is 29.1 Å². The molecule has 1 aromatic carbocycles. The van der Waals surface area contributed by atoms with E-state index in [0.29, 0.717) is 0 Å². The SMILES string of the molecule is CCCC[C@H]1CC[C@H]([C@H]2CC[C@H](c3ccc(NC(C)=O)cc3)CC2)CC1. The number of rotatable bonds is 6. The van der Waals surface area contributed by atoms with Crippen LogP contribution in [0.5, 0.6) is 0 Å². The van der Waals surface area contributed by atoms with Gasteiger partial charge in [-0.1, -0.05) is 51.2 Å². The van der Waals surface area contributed by atoms with Gasteiger partial charge in [0.25, 0.3) is 0 Å². The fraction of sp³-hybridized carbons (Fsp3) is 0.708. The third kappa shape index (κ3) is 5.34. The van der Waals surface area contributed by atoms with Gasteiger partial charge in [0.15, 0.2) is 0 Å². The number of amides is 1. The van der Waals surface area contributed by atoms with Crippen LogP contribution in [0.25, 0.3) is 0 Å². The minimum Gasteiger partial charge on any atom is -0.326 e. The van der Waals surface area contributed by atoms with Crippen LogP contribution in [0.4, 0.5) is 5.69 Å². The molecule has 3 rings (SSSR count). The Morgan fingerprint density at radius 3 is 2.04 bits per heavy atom.